The van der Waals surface area contributed by atoms with Crippen LogP contribution in [0.5, 0.6) is 0 Å². The summed E-state index contributed by atoms with van der Waals surface area (Å²) < 4.78 is 1.97. The molecule has 3 nitrogen and oxygen atoms in total. The number of aryl methyl sites for hydroxylation is 2. The van der Waals surface area contributed by atoms with E-state index in [1.165, 1.54) is 5.56 Å². The van der Waals surface area contributed by atoms with Crippen LogP contribution in [-0.4, -0.2) is 15.6 Å². The Morgan fingerprint density at radius 2 is 2.12 bits per heavy atom. The molecule has 0 unspecified atom stereocenters. The maximum Gasteiger partial charge on any atom is 0.338 e. The number of aromatic nitrogens is 1. The van der Waals surface area contributed by atoms with E-state index in [1.54, 1.807) is 0 Å². The van der Waals surface area contributed by atoms with E-state index in [0.29, 0.717) is 5.56 Å². The smallest absolute Gasteiger partial charge is 0.338 e. The van der Waals surface area contributed by atoms with E-state index < -0.39 is 5.97 Å². The van der Waals surface area contributed by atoms with Crippen molar-refractivity contribution in [1.29, 1.82) is 0 Å². The minimum atomic E-state index is -0.851. The predicted octanol–water partition coefficient (Wildman–Crippen LogP) is 2.75. The van der Waals surface area contributed by atoms with Crippen molar-refractivity contribution in [2.24, 2.45) is 7.05 Å². The van der Waals surface area contributed by atoms with Gasteiger partial charge in [-0.25, -0.2) is 4.79 Å². The minimum Gasteiger partial charge on any atom is -0.478 e. The van der Waals surface area contributed by atoms with Crippen LogP contribution < -0.4 is 0 Å². The highest BCUT2D eigenvalue weighted by molar-refractivity contribution is 6.05. The average Bonchev–Trinajstić information content (AvgIpc) is 2.51. The second kappa shape index (κ2) is 3.67. The molecular weight excluding hydrogens is 202 g/mol. The molecule has 0 aliphatic carbocycles. The molecule has 0 saturated heterocycles. The molecule has 0 aliphatic rings. The van der Waals surface area contributed by atoms with E-state index in [-0.39, 0.29) is 0 Å². The number of aromatic carboxylic acids is 1. The Kier molecular flexibility index (Phi) is 2.46. The van der Waals surface area contributed by atoms with Crippen molar-refractivity contribution in [1.82, 2.24) is 4.57 Å². The second-order valence-electron chi connectivity index (χ2n) is 3.99. The zero-order valence-electron chi connectivity index (χ0n) is 9.74. The molecule has 0 bridgehead atoms. The van der Waals surface area contributed by atoms with Gasteiger partial charge in [-0.05, 0) is 18.9 Å². The SMILES string of the molecule is CCc1cccc2c(C(=O)O)c(C)n(C)c12. The molecule has 0 aliphatic heterocycles. The molecule has 1 aromatic carbocycles. The first-order valence-corrected chi connectivity index (χ1v) is 5.38. The maximum atomic E-state index is 11.2. The quantitative estimate of drug-likeness (QED) is 0.840. The van der Waals surface area contributed by atoms with Crippen LogP contribution in [0.3, 0.4) is 0 Å². The van der Waals surface area contributed by atoms with Crippen LogP contribution in [-0.2, 0) is 13.5 Å². The van der Waals surface area contributed by atoms with Gasteiger partial charge in [0.25, 0.3) is 0 Å². The molecule has 0 spiro atoms. The summed E-state index contributed by atoms with van der Waals surface area (Å²) in [6.07, 6.45) is 0.910. The Bertz CT molecular complexity index is 567. The fourth-order valence-corrected chi connectivity index (χ4v) is 2.27. The lowest BCUT2D eigenvalue weighted by atomic mass is 10.1. The van der Waals surface area contributed by atoms with Crippen LogP contribution in [0.25, 0.3) is 10.9 Å². The molecule has 1 heterocycles. The van der Waals surface area contributed by atoms with Crippen molar-refractivity contribution in [2.75, 3.05) is 0 Å². The first-order chi connectivity index (χ1) is 7.57. The monoisotopic (exact) mass is 217 g/mol. The number of hydrogen-bond acceptors (Lipinski definition) is 1. The Morgan fingerprint density at radius 1 is 1.44 bits per heavy atom. The molecule has 0 fully saturated rings. The van der Waals surface area contributed by atoms with Crippen molar-refractivity contribution in [3.63, 3.8) is 0 Å². The zero-order chi connectivity index (χ0) is 11.9. The van der Waals surface area contributed by atoms with Gasteiger partial charge in [0.1, 0.15) is 0 Å². The molecule has 0 amide bonds. The van der Waals surface area contributed by atoms with Gasteiger partial charge in [-0.2, -0.15) is 0 Å². The second-order valence-corrected chi connectivity index (χ2v) is 3.99. The van der Waals surface area contributed by atoms with Gasteiger partial charge in [0.05, 0.1) is 11.1 Å². The number of hydrogen-bond donors (Lipinski definition) is 1. The van der Waals surface area contributed by atoms with Crippen molar-refractivity contribution in [2.45, 2.75) is 20.3 Å². The summed E-state index contributed by atoms with van der Waals surface area (Å²) in [7, 11) is 1.92. The Hall–Kier alpha value is -1.77. The third kappa shape index (κ3) is 1.32. The van der Waals surface area contributed by atoms with Gasteiger partial charge in [-0.3, -0.25) is 0 Å². The van der Waals surface area contributed by atoms with Gasteiger partial charge < -0.3 is 9.67 Å². The van der Waals surface area contributed by atoms with E-state index in [4.69, 9.17) is 0 Å². The molecular formula is C13H15NO2. The molecule has 2 aromatic rings. The first kappa shape index (κ1) is 10.7. The summed E-state index contributed by atoms with van der Waals surface area (Å²) in [5, 5.41) is 10.1. The molecule has 2 rings (SSSR count). The predicted molar refractivity (Wildman–Crippen MR) is 64.0 cm³/mol. The Morgan fingerprint density at radius 3 is 2.69 bits per heavy atom. The molecule has 1 N–H and O–H groups in total. The topological polar surface area (TPSA) is 42.2 Å². The lowest BCUT2D eigenvalue weighted by Crippen LogP contribution is -1.99. The van der Waals surface area contributed by atoms with Crippen molar-refractivity contribution in [3.05, 3.63) is 35.0 Å². The molecule has 16 heavy (non-hydrogen) atoms. The summed E-state index contributed by atoms with van der Waals surface area (Å²) in [6.45, 7) is 3.93. The molecule has 0 saturated carbocycles. The third-order valence-electron chi connectivity index (χ3n) is 3.18. The normalized spacial score (nSPS) is 10.9. The molecule has 1 aromatic heterocycles. The van der Waals surface area contributed by atoms with Gasteiger partial charge in [0.2, 0.25) is 0 Å². The van der Waals surface area contributed by atoms with Gasteiger partial charge in [0, 0.05) is 18.1 Å². The van der Waals surface area contributed by atoms with Crippen LogP contribution >= 0.6 is 0 Å². The van der Waals surface area contributed by atoms with Crippen molar-refractivity contribution < 1.29 is 9.90 Å². The van der Waals surface area contributed by atoms with E-state index in [2.05, 4.69) is 6.92 Å². The van der Waals surface area contributed by atoms with Gasteiger partial charge in [-0.1, -0.05) is 25.1 Å². The number of carbonyl (C=O) groups is 1. The third-order valence-corrected chi connectivity index (χ3v) is 3.18. The molecule has 84 valence electrons. The van der Waals surface area contributed by atoms with E-state index in [9.17, 15) is 9.90 Å². The Balaban J connectivity index is 2.95. The summed E-state index contributed by atoms with van der Waals surface area (Å²) >= 11 is 0. The number of nitrogens with zero attached hydrogens (tertiary/aromatic N) is 1. The standard InChI is InChI=1S/C13H15NO2/c1-4-9-6-5-7-10-11(13(15)16)8(2)14(3)12(9)10/h5-7H,4H2,1-3H3,(H,15,16). The van der Waals surface area contributed by atoms with Crippen LogP contribution in [0, 0.1) is 6.92 Å². The van der Waals surface area contributed by atoms with Crippen LogP contribution in [0.1, 0.15) is 28.5 Å². The summed E-state index contributed by atoms with van der Waals surface area (Å²) in [5.41, 5.74) is 3.46. The number of benzene rings is 1. The number of carboxylic acid groups (broad SMARTS) is 1. The molecule has 0 atom stereocenters. The van der Waals surface area contributed by atoms with E-state index >= 15 is 0 Å². The number of rotatable bonds is 2. The van der Waals surface area contributed by atoms with Crippen molar-refractivity contribution in [3.8, 4) is 0 Å². The largest absolute Gasteiger partial charge is 0.478 e. The number of para-hydroxylation sites is 1. The lowest BCUT2D eigenvalue weighted by molar-refractivity contribution is 0.0698. The number of carboxylic acids is 1. The van der Waals surface area contributed by atoms with Gasteiger partial charge in [-0.15, -0.1) is 0 Å². The van der Waals surface area contributed by atoms with Crippen LogP contribution in [0.15, 0.2) is 18.2 Å². The fraction of sp³-hybridized carbons (Fsp3) is 0.308. The van der Waals surface area contributed by atoms with Crippen molar-refractivity contribution >= 4 is 16.9 Å². The van der Waals surface area contributed by atoms with Crippen LogP contribution in [0.4, 0.5) is 0 Å². The highest BCUT2D eigenvalue weighted by Gasteiger charge is 2.18. The number of fused-ring (bicyclic) bond motifs is 1. The van der Waals surface area contributed by atoms with E-state index in [0.717, 1.165) is 23.0 Å². The summed E-state index contributed by atoms with van der Waals surface area (Å²) in [4.78, 5) is 11.2. The van der Waals surface area contributed by atoms with E-state index in [1.807, 2.05) is 36.7 Å². The highest BCUT2D eigenvalue weighted by atomic mass is 16.4. The zero-order valence-corrected chi connectivity index (χ0v) is 9.74. The highest BCUT2D eigenvalue weighted by Crippen LogP contribution is 2.27. The van der Waals surface area contributed by atoms with Gasteiger partial charge in [0.15, 0.2) is 0 Å². The Labute approximate surface area is 94.3 Å². The first-order valence-electron chi connectivity index (χ1n) is 5.38. The minimum absolute atomic E-state index is 0.424. The fourth-order valence-electron chi connectivity index (χ4n) is 2.27. The lowest BCUT2D eigenvalue weighted by Gasteiger charge is -2.03. The van der Waals surface area contributed by atoms with Crippen LogP contribution in [0.2, 0.25) is 0 Å². The average molecular weight is 217 g/mol. The maximum absolute atomic E-state index is 11.2. The molecule has 3 heteroatoms. The van der Waals surface area contributed by atoms with Gasteiger partial charge >= 0.3 is 5.97 Å². The molecule has 0 radical (unpaired) electrons. The summed E-state index contributed by atoms with van der Waals surface area (Å²) in [5.74, 6) is -0.851. The summed E-state index contributed by atoms with van der Waals surface area (Å²) in [6, 6.07) is 5.85.